The Morgan fingerprint density at radius 3 is 1.64 bits per heavy atom. The first-order valence-corrected chi connectivity index (χ1v) is 19.7. The van der Waals surface area contributed by atoms with Crippen LogP contribution in [0.2, 0.25) is 0 Å². The van der Waals surface area contributed by atoms with Crippen LogP contribution < -0.4 is 39.4 Å². The number of aromatic nitrogens is 6. The summed E-state index contributed by atoms with van der Waals surface area (Å²) in [6.45, 7) is 7.48. The van der Waals surface area contributed by atoms with Gasteiger partial charge in [-0.25, -0.2) is 27.8 Å². The van der Waals surface area contributed by atoms with Gasteiger partial charge in [0.25, 0.3) is 11.8 Å². The molecule has 4 bridgehead atoms. The third kappa shape index (κ3) is 7.97. The molecule has 0 unspecified atom stereocenters. The van der Waals surface area contributed by atoms with Crippen molar-refractivity contribution in [2.75, 3.05) is 42.7 Å². The molecule has 0 saturated heterocycles. The summed E-state index contributed by atoms with van der Waals surface area (Å²) in [7, 11) is 0. The summed E-state index contributed by atoms with van der Waals surface area (Å²) in [5, 5.41) is 24.1. The van der Waals surface area contributed by atoms with E-state index in [0.717, 1.165) is 6.42 Å². The molecule has 10 rings (SSSR count). The molecule has 0 radical (unpaired) electrons. The van der Waals surface area contributed by atoms with Crippen molar-refractivity contribution in [3.05, 3.63) is 95.1 Å². The molecule has 0 saturated carbocycles. The number of anilines is 2. The van der Waals surface area contributed by atoms with Crippen molar-refractivity contribution in [3.63, 3.8) is 0 Å². The summed E-state index contributed by atoms with van der Waals surface area (Å²) in [6.07, 6.45) is 6.50. The van der Waals surface area contributed by atoms with E-state index in [9.17, 15) is 23.5 Å². The molecule has 20 heteroatoms. The van der Waals surface area contributed by atoms with E-state index in [4.69, 9.17) is 23.9 Å². The zero-order valence-electron chi connectivity index (χ0n) is 33.4. The van der Waals surface area contributed by atoms with Crippen LogP contribution in [-0.4, -0.2) is 103 Å². The third-order valence-electron chi connectivity index (χ3n) is 10.8. The minimum Gasteiger partial charge on any atom is -0.489 e. The fourth-order valence-corrected chi connectivity index (χ4v) is 7.62. The van der Waals surface area contributed by atoms with Crippen LogP contribution in [0.3, 0.4) is 0 Å². The number of carbonyl (C=O) groups is 2. The monoisotopic (exact) mass is 860 g/mol. The lowest BCUT2D eigenvalue weighted by Gasteiger charge is -2.37. The molecule has 0 spiro atoms. The maximum absolute atomic E-state index is 14.1. The number of hydrogen-bond donors (Lipinski definition) is 3. The van der Waals surface area contributed by atoms with Crippen LogP contribution in [0.25, 0.3) is 11.3 Å². The Balaban J connectivity index is 0.000000166. The van der Waals surface area contributed by atoms with E-state index >= 15 is 0 Å². The lowest BCUT2D eigenvalue weighted by atomic mass is 10.1. The summed E-state index contributed by atoms with van der Waals surface area (Å²) in [5.74, 6) is 1.87. The Bertz CT molecular complexity index is 2450. The molecule has 61 heavy (non-hydrogen) atoms. The van der Waals surface area contributed by atoms with Crippen LogP contribution in [0.15, 0.2) is 61.2 Å². The van der Waals surface area contributed by atoms with E-state index < -0.39 is 11.9 Å². The molecule has 0 fully saturated rings. The average Bonchev–Trinajstić information content (AvgIpc) is 3.86. The fourth-order valence-electron chi connectivity index (χ4n) is 7.62. The highest BCUT2D eigenvalue weighted by Crippen LogP contribution is 2.38. The van der Waals surface area contributed by atoms with E-state index in [1.54, 1.807) is 29.0 Å². The normalized spacial score (nSPS) is 20.7. The van der Waals surface area contributed by atoms with Crippen LogP contribution >= 0.6 is 12.4 Å². The lowest BCUT2D eigenvalue weighted by molar-refractivity contribution is 0.0926. The first kappa shape index (κ1) is 41.3. The minimum absolute atomic E-state index is 0. The highest BCUT2D eigenvalue weighted by molar-refractivity contribution is 6.00. The molecule has 4 aliphatic heterocycles. The van der Waals surface area contributed by atoms with E-state index in [1.807, 2.05) is 18.7 Å². The third-order valence-corrected chi connectivity index (χ3v) is 10.8. The molecular weight excluding hydrogens is 818 g/mol. The standard InChI is InChI=1S/C21H22FN5O3.C20H20FN5O4.ClH/c1-3-15-11-29-18-10-27-19-16(8-24-27)21(28)23-7-12(2)30-17-5-4-14(22)6-13(17)9-26(15)20(18)25-19;1-11-5-22-20(28)15-6-23-26-8-17-19(24-18(15)26)25(14(9-27)10-29-17)7-12-4-13(21)2-3-16(12)30-11;/h4-6,8,10,12,15H,3,7,9,11H2,1-2H3,(H,23,28);2-4,6,8,11,14,27H,5,7,9-10H2,1H3,(H,22,28);1H/t12-,15+;11-,14+;/m00./s1. The predicted molar refractivity (Wildman–Crippen MR) is 219 cm³/mol. The first-order valence-electron chi connectivity index (χ1n) is 19.7. The number of halogens is 3. The van der Waals surface area contributed by atoms with E-state index in [-0.39, 0.29) is 74.6 Å². The van der Waals surface area contributed by atoms with Crippen LogP contribution in [0.5, 0.6) is 23.0 Å². The van der Waals surface area contributed by atoms with Crippen LogP contribution in [0.4, 0.5) is 20.4 Å². The second-order valence-corrected chi connectivity index (χ2v) is 15.1. The zero-order valence-corrected chi connectivity index (χ0v) is 34.2. The predicted octanol–water partition coefficient (Wildman–Crippen LogP) is 4.12. The first-order chi connectivity index (χ1) is 29.1. The highest BCUT2D eigenvalue weighted by atomic mass is 35.5. The van der Waals surface area contributed by atoms with Crippen molar-refractivity contribution in [1.29, 1.82) is 0 Å². The number of nitrogens with zero attached hydrogens (tertiary/aromatic N) is 8. The Morgan fingerprint density at radius 2 is 1.18 bits per heavy atom. The zero-order chi connectivity index (χ0) is 41.7. The van der Waals surface area contributed by atoms with E-state index in [1.165, 1.54) is 41.2 Å². The molecule has 17 nitrogen and oxygen atoms in total. The van der Waals surface area contributed by atoms with Crippen LogP contribution in [-0.2, 0) is 13.1 Å². The van der Waals surface area contributed by atoms with E-state index in [2.05, 4.69) is 37.6 Å². The topological polar surface area (TPSA) is 182 Å². The number of ether oxygens (including phenoxy) is 4. The fraction of sp³-hybridized carbons (Fsp3) is 0.366. The number of nitrogens with one attached hydrogen (secondary N) is 2. The van der Waals surface area contributed by atoms with Gasteiger partial charge in [0.1, 0.15) is 59.7 Å². The smallest absolute Gasteiger partial charge is 0.256 e. The second kappa shape index (κ2) is 16.9. The quantitative estimate of drug-likeness (QED) is 0.227. The average molecular weight is 861 g/mol. The second-order valence-electron chi connectivity index (χ2n) is 15.1. The molecule has 320 valence electrons. The van der Waals surface area contributed by atoms with Gasteiger partial charge in [-0.1, -0.05) is 6.92 Å². The van der Waals surface area contributed by atoms with Gasteiger partial charge in [-0.2, -0.15) is 10.2 Å². The maximum atomic E-state index is 14.1. The Morgan fingerprint density at radius 1 is 0.721 bits per heavy atom. The number of aliphatic hydroxyl groups excluding tert-OH is 1. The molecule has 3 N–H and O–H groups in total. The number of carbonyl (C=O) groups excluding carboxylic acids is 2. The molecule has 4 atom stereocenters. The summed E-state index contributed by atoms with van der Waals surface area (Å²) in [4.78, 5) is 38.8. The number of amides is 2. The number of hydrogen-bond acceptors (Lipinski definition) is 13. The summed E-state index contributed by atoms with van der Waals surface area (Å²) in [6, 6.07) is 8.47. The molecule has 2 amide bonds. The molecule has 6 aromatic rings. The number of aliphatic hydroxyl groups is 1. The van der Waals surface area contributed by atoms with Crippen molar-refractivity contribution in [1.82, 2.24) is 39.8 Å². The van der Waals surface area contributed by atoms with Gasteiger partial charge in [-0.3, -0.25) is 9.59 Å². The van der Waals surface area contributed by atoms with Gasteiger partial charge in [0.2, 0.25) is 0 Å². The van der Waals surface area contributed by atoms with Gasteiger partial charge in [0.15, 0.2) is 34.4 Å². The Labute approximate surface area is 354 Å². The summed E-state index contributed by atoms with van der Waals surface area (Å²) in [5.41, 5.74) is 2.84. The summed E-state index contributed by atoms with van der Waals surface area (Å²) >= 11 is 0. The lowest BCUT2D eigenvalue weighted by Crippen LogP contribution is -2.45. The molecule has 4 aliphatic rings. The number of rotatable bonds is 2. The van der Waals surface area contributed by atoms with Gasteiger partial charge >= 0.3 is 0 Å². The molecule has 4 aromatic heterocycles. The van der Waals surface area contributed by atoms with Crippen molar-refractivity contribution >= 4 is 47.2 Å². The van der Waals surface area contributed by atoms with Gasteiger partial charge in [0.05, 0.1) is 56.6 Å². The molecule has 2 aromatic carbocycles. The van der Waals surface area contributed by atoms with Gasteiger partial charge in [-0.05, 0) is 56.7 Å². The molecular formula is C41H43ClF2N10O7. The van der Waals surface area contributed by atoms with Gasteiger partial charge in [0, 0.05) is 24.2 Å². The summed E-state index contributed by atoms with van der Waals surface area (Å²) < 4.78 is 55.0. The largest absolute Gasteiger partial charge is 0.489 e. The van der Waals surface area contributed by atoms with Crippen molar-refractivity contribution in [3.8, 4) is 23.0 Å². The SMILES string of the molecule is CC[C@@H]1COc2cn3ncc4c3nc2N1Cc1cc(F)ccc1O[C@@H](C)CNC4=O.C[C@H]1CNC(=O)c2cnn3cc4c(nc23)N(Cc2cc(F)ccc2O1)[C@H](CO)CO4.Cl. The van der Waals surface area contributed by atoms with Crippen LogP contribution in [0, 0.1) is 11.6 Å². The van der Waals surface area contributed by atoms with Crippen LogP contribution in [0.1, 0.15) is 59.0 Å². The Kier molecular flexibility index (Phi) is 11.4. The van der Waals surface area contributed by atoms with E-state index in [0.29, 0.717) is 87.9 Å². The minimum atomic E-state index is -0.397. The van der Waals surface area contributed by atoms with Gasteiger partial charge in [-0.15, -0.1) is 12.4 Å². The van der Waals surface area contributed by atoms with Gasteiger partial charge < -0.3 is 44.5 Å². The highest BCUT2D eigenvalue weighted by Gasteiger charge is 2.33. The number of fused-ring (bicyclic) bond motifs is 2. The number of benzene rings is 2. The van der Waals surface area contributed by atoms with Crippen molar-refractivity contribution in [2.24, 2.45) is 0 Å². The Hall–Kier alpha value is -6.47. The molecule has 8 heterocycles. The molecule has 0 aliphatic carbocycles. The van der Waals surface area contributed by atoms with Crippen molar-refractivity contribution < 1.29 is 42.4 Å². The maximum Gasteiger partial charge on any atom is 0.256 e. The van der Waals surface area contributed by atoms with Crippen molar-refractivity contribution in [2.45, 2.75) is 64.6 Å².